The molecule has 6 aromatic heterocycles. The largest absolute Gasteiger partial charge is 0.485 e. The SMILES string of the molecule is C1=c2oc3cc(N(c4cccc5c4oc4ccccc45)c4cccc5c4sc4ccccc45)ccc3c2=CC2Oc3cc4c(cc3C12)oc1cc(N(c2cccc3c2oc2ccccc23)c2cccc3c2sc2ccccc23)ccc14. The third kappa shape index (κ3) is 6.21. The molecule has 81 heavy (non-hydrogen) atoms. The third-order valence-electron chi connectivity index (χ3n) is 17.0. The van der Waals surface area contributed by atoms with Crippen molar-refractivity contribution in [1.29, 1.82) is 0 Å². The fraction of sp³-hybridized carbons (Fsp3) is 0.0278. The molecule has 9 heteroatoms. The van der Waals surface area contributed by atoms with Crippen LogP contribution in [0.25, 0.3) is 129 Å². The van der Waals surface area contributed by atoms with Crippen LogP contribution >= 0.6 is 22.7 Å². The topological polar surface area (TPSA) is 68.3 Å². The van der Waals surface area contributed by atoms with Gasteiger partial charge in [-0.1, -0.05) is 121 Å². The predicted molar refractivity (Wildman–Crippen MR) is 335 cm³/mol. The fourth-order valence-corrected chi connectivity index (χ4v) is 15.8. The standard InChI is InChI=1S/C72H40N2O5S2/c1-5-25-59-41(13-1)47-17-9-21-55(69(47)78-59)73(57-23-11-19-49-45-15-3-7-27-67(45)80-71(49)57)39-29-31-43-51-35-65-53(37-63(51)75-61(43)33-39)54-38-64-52(36-66(54)77-65)44-32-30-40(34-62(44)76-64)74(56-22-10-18-48-42-14-2-6-26-60(42)79-70(48)56)58-24-12-20-50-46-16-4-8-28-68(46)81-72(50)58/h1-38,53,65H. The van der Waals surface area contributed by atoms with Crippen LogP contribution in [0.3, 0.4) is 0 Å². The molecule has 380 valence electrons. The molecule has 19 rings (SSSR count). The minimum absolute atomic E-state index is 0.0740. The zero-order valence-electron chi connectivity index (χ0n) is 42.8. The van der Waals surface area contributed by atoms with Crippen LogP contribution in [-0.4, -0.2) is 6.10 Å². The lowest BCUT2D eigenvalue weighted by atomic mass is 9.91. The van der Waals surface area contributed by atoms with Gasteiger partial charge in [0.25, 0.3) is 0 Å². The first-order valence-electron chi connectivity index (χ1n) is 27.3. The Morgan fingerprint density at radius 3 is 1.42 bits per heavy atom. The molecule has 1 aliphatic heterocycles. The smallest absolute Gasteiger partial charge is 0.159 e. The van der Waals surface area contributed by atoms with Gasteiger partial charge < -0.3 is 32.2 Å². The van der Waals surface area contributed by atoms with E-state index in [9.17, 15) is 0 Å². The van der Waals surface area contributed by atoms with Gasteiger partial charge in [0.05, 0.1) is 49.4 Å². The molecule has 1 aliphatic carbocycles. The molecule has 0 saturated carbocycles. The number of benzene rings is 11. The van der Waals surface area contributed by atoms with Gasteiger partial charge >= 0.3 is 0 Å². The molecular formula is C72H40N2O5S2. The number of hydrogen-bond donors (Lipinski definition) is 0. The molecule has 0 saturated heterocycles. The Hall–Kier alpha value is -10.1. The summed E-state index contributed by atoms with van der Waals surface area (Å²) in [4.78, 5) is 4.69. The summed E-state index contributed by atoms with van der Waals surface area (Å²) in [7, 11) is 0. The summed E-state index contributed by atoms with van der Waals surface area (Å²) in [6.07, 6.45) is 4.28. The molecule has 2 aliphatic rings. The maximum Gasteiger partial charge on any atom is 0.159 e. The summed E-state index contributed by atoms with van der Waals surface area (Å²) in [6, 6.07) is 77.5. The van der Waals surface area contributed by atoms with Gasteiger partial charge in [-0.15, -0.1) is 22.7 Å². The maximum atomic E-state index is 6.96. The average molecular weight is 1080 g/mol. The fourth-order valence-electron chi connectivity index (χ4n) is 13.4. The maximum absolute atomic E-state index is 6.96. The summed E-state index contributed by atoms with van der Waals surface area (Å²) < 4.78 is 39.2. The van der Waals surface area contributed by atoms with E-state index in [1.54, 1.807) is 0 Å². The van der Waals surface area contributed by atoms with Crippen molar-refractivity contribution < 1.29 is 22.4 Å². The summed E-state index contributed by atoms with van der Waals surface area (Å²) in [5.74, 6) is 0.781. The van der Waals surface area contributed by atoms with Crippen LogP contribution in [0.15, 0.2) is 236 Å². The molecule has 7 heterocycles. The van der Waals surface area contributed by atoms with Crippen molar-refractivity contribution in [3.05, 3.63) is 235 Å². The molecule has 0 N–H and O–H groups in total. The molecule has 0 fully saturated rings. The Morgan fingerprint density at radius 1 is 0.333 bits per heavy atom. The predicted octanol–water partition coefficient (Wildman–Crippen LogP) is 19.9. The summed E-state index contributed by atoms with van der Waals surface area (Å²) in [6.45, 7) is 0. The van der Waals surface area contributed by atoms with E-state index < -0.39 is 0 Å². The van der Waals surface area contributed by atoms with Crippen LogP contribution < -0.4 is 25.2 Å². The monoisotopic (exact) mass is 1080 g/mol. The van der Waals surface area contributed by atoms with Gasteiger partial charge in [-0.25, -0.2) is 0 Å². The van der Waals surface area contributed by atoms with Crippen molar-refractivity contribution in [2.75, 3.05) is 9.80 Å². The highest BCUT2D eigenvalue weighted by Crippen LogP contribution is 2.52. The van der Waals surface area contributed by atoms with E-state index in [0.29, 0.717) is 0 Å². The van der Waals surface area contributed by atoms with E-state index in [-0.39, 0.29) is 12.0 Å². The second kappa shape index (κ2) is 16.3. The first kappa shape index (κ1) is 43.9. The lowest BCUT2D eigenvalue weighted by Crippen LogP contribution is -2.32. The lowest BCUT2D eigenvalue weighted by molar-refractivity contribution is 0.287. The summed E-state index contributed by atoms with van der Waals surface area (Å²) >= 11 is 3.63. The summed E-state index contributed by atoms with van der Waals surface area (Å²) in [5, 5.41) is 13.4. The van der Waals surface area contributed by atoms with Gasteiger partial charge in [0.15, 0.2) is 11.2 Å². The zero-order chi connectivity index (χ0) is 52.6. The van der Waals surface area contributed by atoms with Crippen molar-refractivity contribution in [3.63, 3.8) is 0 Å². The van der Waals surface area contributed by atoms with Gasteiger partial charge in [-0.2, -0.15) is 0 Å². The van der Waals surface area contributed by atoms with Crippen molar-refractivity contribution in [2.24, 2.45) is 0 Å². The molecule has 0 radical (unpaired) electrons. The Bertz CT molecular complexity index is 5490. The lowest BCUT2D eigenvalue weighted by Gasteiger charge is -2.26. The summed E-state index contributed by atoms with van der Waals surface area (Å²) in [5.41, 5.74) is 13.7. The van der Waals surface area contributed by atoms with Crippen LogP contribution in [0.1, 0.15) is 11.5 Å². The van der Waals surface area contributed by atoms with E-state index in [1.807, 2.05) is 46.9 Å². The van der Waals surface area contributed by atoms with Gasteiger partial charge in [0.1, 0.15) is 45.2 Å². The highest BCUT2D eigenvalue weighted by Gasteiger charge is 2.36. The molecule has 2 atom stereocenters. The molecule has 0 spiro atoms. The van der Waals surface area contributed by atoms with Crippen molar-refractivity contribution in [2.45, 2.75) is 12.0 Å². The Balaban J connectivity index is 0.731. The third-order valence-corrected chi connectivity index (χ3v) is 19.4. The van der Waals surface area contributed by atoms with Crippen LogP contribution in [0.5, 0.6) is 5.75 Å². The van der Waals surface area contributed by atoms with Crippen LogP contribution in [0, 0.1) is 0 Å². The molecule has 7 nitrogen and oxygen atoms in total. The zero-order valence-corrected chi connectivity index (χ0v) is 44.5. The normalized spacial score (nSPS) is 15.0. The van der Waals surface area contributed by atoms with Crippen LogP contribution in [0.2, 0.25) is 0 Å². The molecule has 11 aromatic carbocycles. The molecule has 17 aromatic rings. The quantitative estimate of drug-likeness (QED) is 0.164. The van der Waals surface area contributed by atoms with E-state index >= 15 is 0 Å². The number of furan rings is 4. The first-order chi connectivity index (χ1) is 40.1. The molecule has 0 bridgehead atoms. The number of anilines is 6. The number of fused-ring (bicyclic) bond motifs is 21. The Kier molecular flexibility index (Phi) is 8.81. The second-order valence-corrected chi connectivity index (χ2v) is 23.5. The van der Waals surface area contributed by atoms with Gasteiger partial charge in [-0.05, 0) is 97.1 Å². The van der Waals surface area contributed by atoms with Crippen molar-refractivity contribution in [3.8, 4) is 5.75 Å². The number of thiophene rings is 2. The number of nitrogens with zero attached hydrogens (tertiary/aromatic N) is 2. The number of ether oxygens (including phenoxy) is 1. The highest BCUT2D eigenvalue weighted by molar-refractivity contribution is 7.26. The number of para-hydroxylation sites is 4. The molecule has 2 unspecified atom stereocenters. The minimum Gasteiger partial charge on any atom is -0.485 e. The minimum atomic E-state index is -0.212. The van der Waals surface area contributed by atoms with E-state index in [1.165, 1.54) is 40.3 Å². The van der Waals surface area contributed by atoms with E-state index in [2.05, 4.69) is 216 Å². The molecule has 0 amide bonds. The van der Waals surface area contributed by atoms with Crippen LogP contribution in [0.4, 0.5) is 34.1 Å². The first-order valence-corrected chi connectivity index (χ1v) is 28.9. The number of rotatable bonds is 6. The van der Waals surface area contributed by atoms with Crippen LogP contribution in [-0.2, 0) is 0 Å². The number of hydrogen-bond acceptors (Lipinski definition) is 9. The van der Waals surface area contributed by atoms with E-state index in [4.69, 9.17) is 22.4 Å². The van der Waals surface area contributed by atoms with Gasteiger partial charge in [0, 0.05) is 91.6 Å². The second-order valence-electron chi connectivity index (χ2n) is 21.3. The van der Waals surface area contributed by atoms with Gasteiger partial charge in [-0.3, -0.25) is 0 Å². The van der Waals surface area contributed by atoms with E-state index in [0.717, 1.165) is 133 Å². The Labute approximate surface area is 467 Å². The van der Waals surface area contributed by atoms with Crippen molar-refractivity contribution in [1.82, 2.24) is 0 Å². The van der Waals surface area contributed by atoms with Crippen molar-refractivity contribution >= 4 is 186 Å². The average Bonchev–Trinajstić information content (AvgIpc) is 4.51. The Morgan fingerprint density at radius 2 is 0.815 bits per heavy atom. The van der Waals surface area contributed by atoms with Gasteiger partial charge in [0.2, 0.25) is 0 Å². The molecular weight excluding hydrogens is 1040 g/mol. The highest BCUT2D eigenvalue weighted by atomic mass is 32.1.